The number of aromatic nitrogens is 2. The average Bonchev–Trinajstić information content (AvgIpc) is 3.38. The lowest BCUT2D eigenvalue weighted by atomic mass is 10.1. The first-order valence-corrected chi connectivity index (χ1v) is 12.9. The molecule has 0 aliphatic rings. The third kappa shape index (κ3) is 7.91. The van der Waals surface area contributed by atoms with E-state index in [4.69, 9.17) is 17.5 Å². The molecule has 5 nitrogen and oxygen atoms in total. The summed E-state index contributed by atoms with van der Waals surface area (Å²) in [6.45, 7) is 1.56. The van der Waals surface area contributed by atoms with Gasteiger partial charge >= 0.3 is 6.18 Å². The highest BCUT2D eigenvalue weighted by atomic mass is 32.1. The van der Waals surface area contributed by atoms with E-state index in [1.165, 1.54) is 12.1 Å². The van der Waals surface area contributed by atoms with Gasteiger partial charge in [-0.2, -0.15) is 18.4 Å². The van der Waals surface area contributed by atoms with Crippen molar-refractivity contribution in [1.82, 2.24) is 19.8 Å². The molecule has 0 amide bonds. The van der Waals surface area contributed by atoms with Crippen molar-refractivity contribution in [3.63, 3.8) is 0 Å². The smallest absolute Gasteiger partial charge is 0.362 e. The van der Waals surface area contributed by atoms with E-state index < -0.39 is 11.7 Å². The second kappa shape index (κ2) is 13.1. The minimum absolute atomic E-state index is 0.0244. The van der Waals surface area contributed by atoms with Crippen LogP contribution in [0.2, 0.25) is 0 Å². The summed E-state index contributed by atoms with van der Waals surface area (Å²) in [5.41, 5.74) is 3.19. The number of alkyl halides is 3. The van der Waals surface area contributed by atoms with Crippen LogP contribution >= 0.6 is 12.2 Å². The Labute approximate surface area is 231 Å². The van der Waals surface area contributed by atoms with Crippen molar-refractivity contribution in [2.24, 2.45) is 0 Å². The van der Waals surface area contributed by atoms with E-state index in [0.29, 0.717) is 36.7 Å². The molecule has 1 heterocycles. The number of hydrogen-bond donors (Lipinski definition) is 1. The minimum atomic E-state index is -4.45. The Balaban J connectivity index is 1.47. The summed E-state index contributed by atoms with van der Waals surface area (Å²) >= 11 is 5.67. The molecule has 4 rings (SSSR count). The van der Waals surface area contributed by atoms with E-state index in [0.717, 1.165) is 29.3 Å². The highest BCUT2D eigenvalue weighted by Crippen LogP contribution is 2.32. The van der Waals surface area contributed by atoms with E-state index in [9.17, 15) is 13.2 Å². The first-order valence-electron chi connectivity index (χ1n) is 12.5. The number of thiocarbonyl (C=S) groups is 1. The van der Waals surface area contributed by atoms with Crippen LogP contribution < -0.4 is 5.32 Å². The van der Waals surface area contributed by atoms with Crippen LogP contribution in [0.3, 0.4) is 0 Å². The maximum atomic E-state index is 13.7. The summed E-state index contributed by atoms with van der Waals surface area (Å²) in [7, 11) is 0. The lowest BCUT2D eigenvalue weighted by molar-refractivity contribution is -0.138. The van der Waals surface area contributed by atoms with E-state index in [1.54, 1.807) is 35.6 Å². The number of imidazole rings is 1. The first kappa shape index (κ1) is 27.9. The summed E-state index contributed by atoms with van der Waals surface area (Å²) < 4.78 is 43.1. The highest BCUT2D eigenvalue weighted by Gasteiger charge is 2.33. The topological polar surface area (TPSA) is 56.9 Å². The fourth-order valence-corrected chi connectivity index (χ4v) is 4.55. The third-order valence-electron chi connectivity index (χ3n) is 6.38. The second-order valence-corrected chi connectivity index (χ2v) is 9.50. The Hall–Kier alpha value is -4.16. The number of hydrogen-bond acceptors (Lipinski definition) is 3. The lowest BCUT2D eigenvalue weighted by Crippen LogP contribution is -2.41. The Morgan fingerprint density at radius 3 is 2.38 bits per heavy atom. The van der Waals surface area contributed by atoms with Crippen molar-refractivity contribution >= 4 is 17.3 Å². The maximum absolute atomic E-state index is 13.7. The number of benzene rings is 3. The molecule has 3 aromatic carbocycles. The molecule has 4 aromatic rings. The summed E-state index contributed by atoms with van der Waals surface area (Å²) in [5.74, 6) is 0. The van der Waals surface area contributed by atoms with Crippen molar-refractivity contribution in [2.75, 3.05) is 13.1 Å². The van der Waals surface area contributed by atoms with Gasteiger partial charge in [0.25, 0.3) is 0 Å². The molecule has 9 heteroatoms. The summed E-state index contributed by atoms with van der Waals surface area (Å²) in [6, 6.07) is 25.0. The van der Waals surface area contributed by atoms with Gasteiger partial charge in [0.05, 0.1) is 23.5 Å². The zero-order chi connectivity index (χ0) is 27.7. The number of nitrogens with one attached hydrogen (secondary N) is 1. The third-order valence-corrected chi connectivity index (χ3v) is 6.78. The molecule has 1 aromatic heterocycles. The number of nitrogens with zero attached hydrogens (tertiary/aromatic N) is 4. The van der Waals surface area contributed by atoms with Crippen LogP contribution in [0.1, 0.15) is 33.5 Å². The van der Waals surface area contributed by atoms with Gasteiger partial charge in [0, 0.05) is 44.5 Å². The van der Waals surface area contributed by atoms with Crippen molar-refractivity contribution < 1.29 is 13.2 Å². The van der Waals surface area contributed by atoms with Crippen molar-refractivity contribution in [1.29, 1.82) is 5.26 Å². The maximum Gasteiger partial charge on any atom is 0.416 e. The molecular weight excluding hydrogens is 519 g/mol. The van der Waals surface area contributed by atoms with Crippen LogP contribution in [0, 0.1) is 11.3 Å². The summed E-state index contributed by atoms with van der Waals surface area (Å²) in [4.78, 5) is 6.06. The fourth-order valence-electron chi connectivity index (χ4n) is 4.29. The quantitative estimate of drug-likeness (QED) is 0.248. The molecular formula is C30H28F3N5S. The van der Waals surface area contributed by atoms with E-state index in [2.05, 4.69) is 16.4 Å². The summed E-state index contributed by atoms with van der Waals surface area (Å²) in [5, 5.41) is 12.7. The van der Waals surface area contributed by atoms with Crippen molar-refractivity contribution in [3.8, 4) is 6.07 Å². The van der Waals surface area contributed by atoms with E-state index in [1.807, 2.05) is 47.0 Å². The van der Waals surface area contributed by atoms with Gasteiger partial charge < -0.3 is 14.8 Å². The zero-order valence-corrected chi connectivity index (χ0v) is 22.1. The normalized spacial score (nSPS) is 11.1. The van der Waals surface area contributed by atoms with Crippen LogP contribution in [0.5, 0.6) is 0 Å². The summed E-state index contributed by atoms with van der Waals surface area (Å²) in [6.07, 6.45) is 0.311. The van der Waals surface area contributed by atoms with Crippen LogP contribution in [-0.4, -0.2) is 32.7 Å². The Morgan fingerprint density at radius 2 is 1.67 bits per heavy atom. The molecule has 0 aliphatic carbocycles. The van der Waals surface area contributed by atoms with Gasteiger partial charge in [0.1, 0.15) is 0 Å². The van der Waals surface area contributed by atoms with Gasteiger partial charge in [-0.05, 0) is 53.5 Å². The van der Waals surface area contributed by atoms with Crippen LogP contribution in [0.25, 0.3) is 0 Å². The van der Waals surface area contributed by atoms with Crippen LogP contribution in [0.4, 0.5) is 13.2 Å². The van der Waals surface area contributed by atoms with Gasteiger partial charge in [-0.1, -0.05) is 60.7 Å². The molecule has 0 spiro atoms. The molecule has 0 unspecified atom stereocenters. The molecule has 0 aliphatic heterocycles. The molecule has 200 valence electrons. The monoisotopic (exact) mass is 547 g/mol. The highest BCUT2D eigenvalue weighted by molar-refractivity contribution is 7.80. The molecule has 39 heavy (non-hydrogen) atoms. The molecule has 0 atom stereocenters. The molecule has 0 saturated heterocycles. The SMILES string of the molecule is N#Cc1ccc(Cn2cncc2CCN(Cc2ccccc2C(F)(F)F)C(=S)NCCc2ccccc2)cc1. The van der Waals surface area contributed by atoms with Crippen LogP contribution in [0.15, 0.2) is 91.4 Å². The molecule has 1 N–H and O–H groups in total. The van der Waals surface area contributed by atoms with Gasteiger partial charge in [0.15, 0.2) is 5.11 Å². The van der Waals surface area contributed by atoms with E-state index >= 15 is 0 Å². The fraction of sp³-hybridized carbons (Fsp3) is 0.233. The van der Waals surface area contributed by atoms with Gasteiger partial charge in [-0.25, -0.2) is 4.98 Å². The standard InChI is InChI=1S/C30H28F3N5S/c31-30(32,33)28-9-5-4-8-26(28)21-37(29(39)36-16-14-23-6-2-1-3-7-23)17-15-27-19-35-22-38(27)20-25-12-10-24(18-34)11-13-25/h1-13,19,22H,14-17,20-21H2,(H,36,39). The predicted molar refractivity (Wildman–Crippen MR) is 149 cm³/mol. The van der Waals surface area contributed by atoms with Crippen LogP contribution in [-0.2, 0) is 32.1 Å². The second-order valence-electron chi connectivity index (χ2n) is 9.12. The molecule has 0 fully saturated rings. The van der Waals surface area contributed by atoms with Crippen molar-refractivity contribution in [3.05, 3.63) is 125 Å². The van der Waals surface area contributed by atoms with Gasteiger partial charge in [0.2, 0.25) is 0 Å². The Morgan fingerprint density at radius 1 is 0.949 bits per heavy atom. The molecule has 0 radical (unpaired) electrons. The minimum Gasteiger partial charge on any atom is -0.362 e. The molecule has 0 bridgehead atoms. The lowest BCUT2D eigenvalue weighted by Gasteiger charge is -2.27. The van der Waals surface area contributed by atoms with Gasteiger partial charge in [-0.3, -0.25) is 0 Å². The Kier molecular flexibility index (Phi) is 9.34. The Bertz CT molecular complexity index is 1410. The first-order chi connectivity index (χ1) is 18.8. The van der Waals surface area contributed by atoms with Crippen molar-refractivity contribution in [2.45, 2.75) is 32.1 Å². The van der Waals surface area contributed by atoms with E-state index in [-0.39, 0.29) is 12.1 Å². The average molecular weight is 548 g/mol. The zero-order valence-electron chi connectivity index (χ0n) is 21.2. The molecule has 0 saturated carbocycles. The predicted octanol–water partition coefficient (Wildman–Crippen LogP) is 5.98. The number of nitriles is 1. The number of rotatable bonds is 10. The number of halogens is 3. The largest absolute Gasteiger partial charge is 0.416 e. The van der Waals surface area contributed by atoms with Gasteiger partial charge in [-0.15, -0.1) is 0 Å².